The summed E-state index contributed by atoms with van der Waals surface area (Å²) in [6.07, 6.45) is 8.80. The minimum atomic E-state index is 0.667. The van der Waals surface area contributed by atoms with E-state index in [1.54, 1.807) is 10.8 Å². The van der Waals surface area contributed by atoms with Gasteiger partial charge in [-0.25, -0.2) is 0 Å². The summed E-state index contributed by atoms with van der Waals surface area (Å²) in [7, 11) is 2.28. The molecule has 3 heterocycles. The Balaban J connectivity index is 1.32. The molecular formula is C16H24N6. The Bertz CT molecular complexity index is 626. The lowest BCUT2D eigenvalue weighted by molar-refractivity contribution is 0.158. The lowest BCUT2D eigenvalue weighted by Crippen LogP contribution is -2.59. The minimum absolute atomic E-state index is 0.667. The molecule has 0 N–H and O–H groups in total. The SMILES string of the molecule is CN(CC1CCCCC1)C1CN(c2ccc3nncn3n2)C1. The van der Waals surface area contributed by atoms with E-state index in [-0.39, 0.29) is 0 Å². The van der Waals surface area contributed by atoms with Gasteiger partial charge in [-0.2, -0.15) is 4.52 Å². The van der Waals surface area contributed by atoms with Crippen LogP contribution in [0.5, 0.6) is 0 Å². The summed E-state index contributed by atoms with van der Waals surface area (Å²) in [4.78, 5) is 4.89. The molecule has 2 aliphatic rings. The van der Waals surface area contributed by atoms with Crippen LogP contribution >= 0.6 is 0 Å². The average molecular weight is 300 g/mol. The van der Waals surface area contributed by atoms with Gasteiger partial charge in [0.05, 0.1) is 0 Å². The van der Waals surface area contributed by atoms with E-state index in [4.69, 9.17) is 0 Å². The summed E-state index contributed by atoms with van der Waals surface area (Å²) < 4.78 is 1.74. The number of fused-ring (bicyclic) bond motifs is 1. The zero-order valence-electron chi connectivity index (χ0n) is 13.2. The van der Waals surface area contributed by atoms with Gasteiger partial charge in [0, 0.05) is 25.7 Å². The first kappa shape index (κ1) is 13.9. The Kier molecular flexibility index (Phi) is 3.70. The topological polar surface area (TPSA) is 49.6 Å². The first-order valence-electron chi connectivity index (χ1n) is 8.42. The van der Waals surface area contributed by atoms with Crippen LogP contribution in [0.4, 0.5) is 5.82 Å². The maximum atomic E-state index is 4.57. The summed E-state index contributed by atoms with van der Waals surface area (Å²) in [6, 6.07) is 4.69. The van der Waals surface area contributed by atoms with Crippen molar-refractivity contribution in [2.24, 2.45) is 5.92 Å². The van der Waals surface area contributed by atoms with E-state index in [1.807, 2.05) is 12.1 Å². The van der Waals surface area contributed by atoms with Crippen LogP contribution in [0.2, 0.25) is 0 Å². The molecule has 6 nitrogen and oxygen atoms in total. The number of likely N-dealkylation sites (N-methyl/N-ethyl adjacent to an activating group) is 1. The second-order valence-corrected chi connectivity index (χ2v) is 6.83. The molecule has 1 saturated heterocycles. The third kappa shape index (κ3) is 2.67. The predicted octanol–water partition coefficient (Wildman–Crippen LogP) is 1.82. The molecule has 6 heteroatoms. The van der Waals surface area contributed by atoms with Crippen LogP contribution in [-0.2, 0) is 0 Å². The fraction of sp³-hybridized carbons (Fsp3) is 0.688. The van der Waals surface area contributed by atoms with Crippen molar-refractivity contribution in [3.8, 4) is 0 Å². The molecule has 0 unspecified atom stereocenters. The monoisotopic (exact) mass is 300 g/mol. The maximum Gasteiger partial charge on any atom is 0.177 e. The quantitative estimate of drug-likeness (QED) is 0.862. The van der Waals surface area contributed by atoms with Crippen LogP contribution in [0.25, 0.3) is 5.65 Å². The average Bonchev–Trinajstić information content (AvgIpc) is 2.94. The Hall–Kier alpha value is -1.69. The summed E-state index contributed by atoms with van der Waals surface area (Å²) in [6.45, 7) is 3.41. The molecule has 1 aliphatic heterocycles. The zero-order valence-corrected chi connectivity index (χ0v) is 13.2. The second-order valence-electron chi connectivity index (χ2n) is 6.83. The fourth-order valence-corrected chi connectivity index (χ4v) is 3.73. The van der Waals surface area contributed by atoms with Gasteiger partial charge in [0.1, 0.15) is 12.1 Å². The molecule has 118 valence electrons. The number of anilines is 1. The summed E-state index contributed by atoms with van der Waals surface area (Å²) >= 11 is 0. The lowest BCUT2D eigenvalue weighted by atomic mass is 9.88. The van der Waals surface area contributed by atoms with Gasteiger partial charge in [-0.1, -0.05) is 19.3 Å². The Labute approximate surface area is 131 Å². The first-order valence-corrected chi connectivity index (χ1v) is 8.42. The molecule has 1 saturated carbocycles. The molecule has 4 rings (SSSR count). The van der Waals surface area contributed by atoms with Crippen molar-refractivity contribution < 1.29 is 0 Å². The van der Waals surface area contributed by atoms with Gasteiger partial charge in [0.25, 0.3) is 0 Å². The maximum absolute atomic E-state index is 4.57. The van der Waals surface area contributed by atoms with Crippen molar-refractivity contribution in [2.75, 3.05) is 31.6 Å². The van der Waals surface area contributed by atoms with E-state index in [0.29, 0.717) is 6.04 Å². The highest BCUT2D eigenvalue weighted by Gasteiger charge is 2.32. The van der Waals surface area contributed by atoms with Gasteiger partial charge in [-0.05, 0) is 37.9 Å². The van der Waals surface area contributed by atoms with E-state index in [2.05, 4.69) is 32.1 Å². The van der Waals surface area contributed by atoms with Gasteiger partial charge in [-0.3, -0.25) is 4.90 Å². The number of nitrogens with zero attached hydrogens (tertiary/aromatic N) is 6. The Morgan fingerprint density at radius 1 is 1.18 bits per heavy atom. The van der Waals surface area contributed by atoms with E-state index < -0.39 is 0 Å². The first-order chi connectivity index (χ1) is 10.8. The molecule has 0 atom stereocenters. The van der Waals surface area contributed by atoms with Gasteiger partial charge in [0.2, 0.25) is 0 Å². The van der Waals surface area contributed by atoms with Crippen molar-refractivity contribution >= 4 is 11.5 Å². The number of hydrogen-bond acceptors (Lipinski definition) is 5. The van der Waals surface area contributed by atoms with Crippen LogP contribution in [0.3, 0.4) is 0 Å². The summed E-state index contributed by atoms with van der Waals surface area (Å²) in [5.74, 6) is 1.94. The van der Waals surface area contributed by atoms with Gasteiger partial charge in [-0.15, -0.1) is 15.3 Å². The van der Waals surface area contributed by atoms with Crippen molar-refractivity contribution in [2.45, 2.75) is 38.1 Å². The lowest BCUT2D eigenvalue weighted by Gasteiger charge is -2.45. The van der Waals surface area contributed by atoms with Crippen molar-refractivity contribution in [3.05, 3.63) is 18.5 Å². The third-order valence-corrected chi connectivity index (χ3v) is 5.23. The van der Waals surface area contributed by atoms with Crippen molar-refractivity contribution in [1.82, 2.24) is 24.7 Å². The molecule has 0 bridgehead atoms. The van der Waals surface area contributed by atoms with Crippen LogP contribution in [0.15, 0.2) is 18.5 Å². The van der Waals surface area contributed by atoms with Crippen molar-refractivity contribution in [3.63, 3.8) is 0 Å². The van der Waals surface area contributed by atoms with E-state index in [0.717, 1.165) is 30.5 Å². The molecule has 2 aromatic rings. The van der Waals surface area contributed by atoms with Crippen molar-refractivity contribution in [1.29, 1.82) is 0 Å². The zero-order chi connectivity index (χ0) is 14.9. The van der Waals surface area contributed by atoms with E-state index in [1.165, 1.54) is 38.6 Å². The molecule has 0 aromatic carbocycles. The van der Waals surface area contributed by atoms with E-state index in [9.17, 15) is 0 Å². The molecule has 2 aromatic heterocycles. The highest BCUT2D eigenvalue weighted by molar-refractivity contribution is 5.47. The fourth-order valence-electron chi connectivity index (χ4n) is 3.73. The number of hydrogen-bond donors (Lipinski definition) is 0. The predicted molar refractivity (Wildman–Crippen MR) is 86.0 cm³/mol. The molecule has 22 heavy (non-hydrogen) atoms. The Morgan fingerprint density at radius 3 is 2.82 bits per heavy atom. The molecule has 2 fully saturated rings. The van der Waals surface area contributed by atoms with Crippen LogP contribution in [0.1, 0.15) is 32.1 Å². The van der Waals surface area contributed by atoms with E-state index >= 15 is 0 Å². The highest BCUT2D eigenvalue weighted by atomic mass is 15.4. The molecule has 1 aliphatic carbocycles. The molecule has 0 amide bonds. The second kappa shape index (κ2) is 5.83. The summed E-state index contributed by atoms with van der Waals surface area (Å²) in [5, 5.41) is 12.4. The third-order valence-electron chi connectivity index (χ3n) is 5.23. The smallest absolute Gasteiger partial charge is 0.177 e. The number of aromatic nitrogens is 4. The minimum Gasteiger partial charge on any atom is -0.352 e. The van der Waals surface area contributed by atoms with Gasteiger partial charge in [0.15, 0.2) is 5.65 Å². The van der Waals surface area contributed by atoms with Crippen LogP contribution in [0, 0.1) is 5.92 Å². The van der Waals surface area contributed by atoms with Crippen LogP contribution < -0.4 is 4.90 Å². The Morgan fingerprint density at radius 2 is 2.00 bits per heavy atom. The largest absolute Gasteiger partial charge is 0.352 e. The van der Waals surface area contributed by atoms with Crippen LogP contribution in [-0.4, -0.2) is 57.4 Å². The normalized spacial score (nSPS) is 20.7. The van der Waals surface area contributed by atoms with Gasteiger partial charge < -0.3 is 4.90 Å². The summed E-state index contributed by atoms with van der Waals surface area (Å²) in [5.41, 5.74) is 0.801. The molecular weight excluding hydrogens is 276 g/mol. The number of rotatable bonds is 4. The molecule has 0 radical (unpaired) electrons. The standard InChI is InChI=1S/C16H24N6/c1-20(9-13-5-3-2-4-6-13)14-10-21(11-14)16-8-7-15-18-17-12-22(15)19-16/h7-8,12-14H,2-6,9-11H2,1H3. The molecule has 0 spiro atoms. The van der Waals surface area contributed by atoms with Gasteiger partial charge >= 0.3 is 0 Å². The highest BCUT2D eigenvalue weighted by Crippen LogP contribution is 2.27.